The number of pyridine rings is 1. The molecule has 0 amide bonds. The van der Waals surface area contributed by atoms with Crippen LogP contribution >= 0.6 is 0 Å². The van der Waals surface area contributed by atoms with Gasteiger partial charge in [-0.05, 0) is 44.0 Å². The summed E-state index contributed by atoms with van der Waals surface area (Å²) in [5.74, 6) is 1.22. The van der Waals surface area contributed by atoms with Crippen molar-refractivity contribution in [2.24, 2.45) is 0 Å². The Hall–Kier alpha value is -3.18. The predicted molar refractivity (Wildman–Crippen MR) is 117 cm³/mol. The van der Waals surface area contributed by atoms with Crippen molar-refractivity contribution < 1.29 is 0 Å². The molecule has 2 N–H and O–H groups in total. The maximum absolute atomic E-state index is 9.58. The Bertz CT molecular complexity index is 1050. The molecule has 0 bridgehead atoms. The number of aromatic nitrogens is 4. The van der Waals surface area contributed by atoms with Crippen molar-refractivity contribution in [3.63, 3.8) is 0 Å². The topological polar surface area (TPSA) is 94.7 Å². The van der Waals surface area contributed by atoms with Crippen LogP contribution in [0.1, 0.15) is 43.8 Å². The number of nitrogens with one attached hydrogen (secondary N) is 2. The van der Waals surface area contributed by atoms with Crippen LogP contribution in [0.5, 0.6) is 0 Å². The summed E-state index contributed by atoms with van der Waals surface area (Å²) in [5, 5.41) is 17.1. The maximum Gasteiger partial charge on any atom is 0.230 e. The van der Waals surface area contributed by atoms with Crippen molar-refractivity contribution in [3.8, 4) is 6.07 Å². The Morgan fingerprint density at radius 3 is 2.77 bits per heavy atom. The minimum Gasteiger partial charge on any atom is -0.369 e. The molecule has 0 unspecified atom stereocenters. The van der Waals surface area contributed by atoms with Gasteiger partial charge in [-0.1, -0.05) is 12.8 Å². The van der Waals surface area contributed by atoms with E-state index < -0.39 is 0 Å². The molecular formula is C22H26N8. The van der Waals surface area contributed by atoms with Gasteiger partial charge < -0.3 is 20.1 Å². The maximum atomic E-state index is 9.58. The Morgan fingerprint density at radius 1 is 1.07 bits per heavy atom. The number of nitriles is 1. The van der Waals surface area contributed by atoms with Gasteiger partial charge in [-0.3, -0.25) is 0 Å². The summed E-state index contributed by atoms with van der Waals surface area (Å²) < 4.78 is 2.10. The first kappa shape index (κ1) is 18.8. The highest BCUT2D eigenvalue weighted by molar-refractivity contribution is 5.79. The first-order chi connectivity index (χ1) is 14.8. The molecule has 8 nitrogen and oxygen atoms in total. The van der Waals surface area contributed by atoms with Crippen molar-refractivity contribution in [1.82, 2.24) is 24.8 Å². The molecule has 0 spiro atoms. The molecule has 1 aliphatic carbocycles. The molecular weight excluding hydrogens is 376 g/mol. The van der Waals surface area contributed by atoms with Gasteiger partial charge in [0.25, 0.3) is 0 Å². The molecule has 154 valence electrons. The Labute approximate surface area is 176 Å². The van der Waals surface area contributed by atoms with Gasteiger partial charge in [0.1, 0.15) is 23.2 Å². The Morgan fingerprint density at radius 2 is 1.97 bits per heavy atom. The molecule has 30 heavy (non-hydrogen) atoms. The van der Waals surface area contributed by atoms with Crippen LogP contribution in [0, 0.1) is 11.3 Å². The van der Waals surface area contributed by atoms with Crippen molar-refractivity contribution in [2.45, 2.75) is 38.1 Å². The van der Waals surface area contributed by atoms with E-state index in [0.29, 0.717) is 23.5 Å². The second-order valence-electron chi connectivity index (χ2n) is 8.04. The van der Waals surface area contributed by atoms with E-state index in [4.69, 9.17) is 4.98 Å². The van der Waals surface area contributed by atoms with Gasteiger partial charge in [0.15, 0.2) is 0 Å². The fourth-order valence-corrected chi connectivity index (χ4v) is 4.55. The number of hydrogen-bond donors (Lipinski definition) is 2. The molecule has 2 aliphatic rings. The average molecular weight is 403 g/mol. The van der Waals surface area contributed by atoms with Crippen molar-refractivity contribution >= 4 is 28.5 Å². The van der Waals surface area contributed by atoms with Crippen LogP contribution in [0.3, 0.4) is 0 Å². The summed E-state index contributed by atoms with van der Waals surface area (Å²) in [6, 6.07) is 8.62. The van der Waals surface area contributed by atoms with Crippen LogP contribution in [0.25, 0.3) is 11.0 Å². The summed E-state index contributed by atoms with van der Waals surface area (Å²) in [5.41, 5.74) is 2.62. The fourth-order valence-electron chi connectivity index (χ4n) is 4.55. The highest BCUT2D eigenvalue weighted by atomic mass is 15.2. The number of fused-ring (bicyclic) bond motifs is 1. The van der Waals surface area contributed by atoms with Gasteiger partial charge in [0.05, 0.1) is 11.9 Å². The molecule has 0 radical (unpaired) electrons. The second-order valence-corrected chi connectivity index (χ2v) is 8.04. The van der Waals surface area contributed by atoms with Crippen LogP contribution < -0.4 is 15.5 Å². The smallest absolute Gasteiger partial charge is 0.230 e. The molecule has 0 atom stereocenters. The zero-order valence-corrected chi connectivity index (χ0v) is 17.0. The highest BCUT2D eigenvalue weighted by Crippen LogP contribution is 2.34. The molecule has 4 heterocycles. The quantitative estimate of drug-likeness (QED) is 0.691. The van der Waals surface area contributed by atoms with Crippen LogP contribution in [0.2, 0.25) is 0 Å². The molecule has 2 fully saturated rings. The van der Waals surface area contributed by atoms with E-state index in [1.54, 1.807) is 6.20 Å². The number of hydrogen-bond acceptors (Lipinski definition) is 7. The van der Waals surface area contributed by atoms with Crippen molar-refractivity contribution in [2.75, 3.05) is 36.4 Å². The minimum atomic E-state index is 0.348. The molecule has 3 aromatic heterocycles. The number of anilines is 3. The summed E-state index contributed by atoms with van der Waals surface area (Å²) in [6.45, 7) is 4.10. The van der Waals surface area contributed by atoms with Crippen molar-refractivity contribution in [3.05, 3.63) is 36.3 Å². The SMILES string of the molecule is N#Cc1cc2cnc(Nc3ccc(N4CCCNCC4)cn3)nc2n1C1CCCC1. The molecule has 3 aromatic rings. The third-order valence-electron chi connectivity index (χ3n) is 6.07. The lowest BCUT2D eigenvalue weighted by Crippen LogP contribution is -2.27. The second kappa shape index (κ2) is 8.28. The fraction of sp³-hybridized carbons (Fsp3) is 0.455. The largest absolute Gasteiger partial charge is 0.369 e. The number of nitrogens with zero attached hydrogens (tertiary/aromatic N) is 6. The van der Waals surface area contributed by atoms with Gasteiger partial charge in [0.2, 0.25) is 5.95 Å². The van der Waals surface area contributed by atoms with Crippen LogP contribution in [0.4, 0.5) is 17.5 Å². The zero-order chi connectivity index (χ0) is 20.3. The van der Waals surface area contributed by atoms with Crippen LogP contribution in [-0.2, 0) is 0 Å². The van der Waals surface area contributed by atoms with Gasteiger partial charge in [-0.25, -0.2) is 9.97 Å². The van der Waals surface area contributed by atoms with Crippen LogP contribution in [-0.4, -0.2) is 45.7 Å². The molecule has 5 rings (SSSR count). The minimum absolute atomic E-state index is 0.348. The molecule has 8 heteroatoms. The van der Waals surface area contributed by atoms with Gasteiger partial charge in [0, 0.05) is 37.3 Å². The summed E-state index contributed by atoms with van der Waals surface area (Å²) in [7, 11) is 0. The van der Waals surface area contributed by atoms with E-state index in [1.807, 2.05) is 18.3 Å². The standard InChI is InChI=1S/C22H26N8/c23-13-19-12-16-14-26-22(28-21(16)30(19)17-4-1-2-5-17)27-20-7-6-18(15-25-20)29-10-3-8-24-9-11-29/h6-7,12,14-15,17,24H,1-5,8-11H2,(H,25,26,27,28). The lowest BCUT2D eigenvalue weighted by molar-refractivity contribution is 0.528. The van der Waals surface area contributed by atoms with Gasteiger partial charge in [-0.2, -0.15) is 10.2 Å². The zero-order valence-electron chi connectivity index (χ0n) is 17.0. The molecule has 1 saturated carbocycles. The molecule has 0 aromatic carbocycles. The third-order valence-corrected chi connectivity index (χ3v) is 6.07. The Balaban J connectivity index is 1.38. The first-order valence-electron chi connectivity index (χ1n) is 10.8. The van der Waals surface area contributed by atoms with E-state index in [1.165, 1.54) is 12.8 Å². The van der Waals surface area contributed by atoms with E-state index in [2.05, 4.69) is 42.2 Å². The van der Waals surface area contributed by atoms with Gasteiger partial charge in [-0.15, -0.1) is 0 Å². The normalized spacial score (nSPS) is 17.8. The highest BCUT2D eigenvalue weighted by Gasteiger charge is 2.23. The van der Waals surface area contributed by atoms with E-state index in [0.717, 1.165) is 62.2 Å². The predicted octanol–water partition coefficient (Wildman–Crippen LogP) is 3.36. The lowest BCUT2D eigenvalue weighted by Gasteiger charge is -2.21. The molecule has 1 saturated heterocycles. The Kier molecular flexibility index (Phi) is 5.20. The van der Waals surface area contributed by atoms with Gasteiger partial charge >= 0.3 is 0 Å². The summed E-state index contributed by atoms with van der Waals surface area (Å²) in [4.78, 5) is 16.1. The van der Waals surface area contributed by atoms with Crippen LogP contribution in [0.15, 0.2) is 30.6 Å². The monoisotopic (exact) mass is 402 g/mol. The van der Waals surface area contributed by atoms with E-state index in [9.17, 15) is 5.26 Å². The lowest BCUT2D eigenvalue weighted by atomic mass is 10.2. The first-order valence-corrected chi connectivity index (χ1v) is 10.8. The third kappa shape index (κ3) is 3.68. The van der Waals surface area contributed by atoms with E-state index >= 15 is 0 Å². The molecule has 1 aliphatic heterocycles. The van der Waals surface area contributed by atoms with Crippen molar-refractivity contribution in [1.29, 1.82) is 5.26 Å². The van der Waals surface area contributed by atoms with E-state index in [-0.39, 0.29) is 0 Å². The average Bonchev–Trinajstić information content (AvgIpc) is 3.33. The number of rotatable bonds is 4. The summed E-state index contributed by atoms with van der Waals surface area (Å²) in [6.07, 6.45) is 9.43. The summed E-state index contributed by atoms with van der Waals surface area (Å²) >= 11 is 0.